The van der Waals surface area contributed by atoms with E-state index in [1.165, 1.54) is 0 Å². The first-order chi connectivity index (χ1) is 12.7. The molecule has 7 nitrogen and oxygen atoms in total. The maximum atomic E-state index is 12.6. The average molecular weight is 358 g/mol. The number of rotatable bonds is 6. The van der Waals surface area contributed by atoms with Crippen LogP contribution in [-0.2, 0) is 11.2 Å². The Morgan fingerprint density at radius 3 is 3.08 bits per heavy atom. The number of likely N-dealkylation sites (tertiary alicyclic amines) is 1. The van der Waals surface area contributed by atoms with E-state index in [0.717, 1.165) is 44.4 Å². The SMILES string of the molecule is CCCO[C@H]1CCCN(C(=O)Nc2cccc(-c3nc(CC)no3)c2)C1. The molecule has 0 unspecified atom stereocenters. The topological polar surface area (TPSA) is 80.5 Å². The quantitative estimate of drug-likeness (QED) is 0.851. The highest BCUT2D eigenvalue weighted by Gasteiger charge is 2.24. The molecule has 140 valence electrons. The van der Waals surface area contributed by atoms with Gasteiger partial charge in [-0.05, 0) is 37.5 Å². The van der Waals surface area contributed by atoms with Gasteiger partial charge in [-0.1, -0.05) is 25.1 Å². The van der Waals surface area contributed by atoms with E-state index in [-0.39, 0.29) is 12.1 Å². The van der Waals surface area contributed by atoms with E-state index in [1.54, 1.807) is 0 Å². The number of aryl methyl sites for hydroxylation is 1. The number of hydrogen-bond donors (Lipinski definition) is 1. The summed E-state index contributed by atoms with van der Waals surface area (Å²) in [6, 6.07) is 7.35. The Kier molecular flexibility index (Phi) is 6.22. The van der Waals surface area contributed by atoms with Gasteiger partial charge in [0.1, 0.15) is 0 Å². The van der Waals surface area contributed by atoms with Crippen LogP contribution in [0.2, 0.25) is 0 Å². The number of hydrogen-bond acceptors (Lipinski definition) is 5. The Bertz CT molecular complexity index is 731. The largest absolute Gasteiger partial charge is 0.376 e. The van der Waals surface area contributed by atoms with Crippen molar-refractivity contribution in [1.82, 2.24) is 15.0 Å². The average Bonchev–Trinajstić information content (AvgIpc) is 3.16. The molecular formula is C19H26N4O3. The number of nitrogens with zero attached hydrogens (tertiary/aromatic N) is 3. The van der Waals surface area contributed by atoms with Gasteiger partial charge in [-0.2, -0.15) is 4.98 Å². The summed E-state index contributed by atoms with van der Waals surface area (Å²) in [6.45, 7) is 6.19. The van der Waals surface area contributed by atoms with Crippen LogP contribution < -0.4 is 5.32 Å². The molecular weight excluding hydrogens is 332 g/mol. The van der Waals surface area contributed by atoms with Gasteiger partial charge in [-0.15, -0.1) is 0 Å². The highest BCUT2D eigenvalue weighted by atomic mass is 16.5. The van der Waals surface area contributed by atoms with Crippen LogP contribution in [0.3, 0.4) is 0 Å². The van der Waals surface area contributed by atoms with Crippen LogP contribution in [0.5, 0.6) is 0 Å². The standard InChI is InChI=1S/C19H26N4O3/c1-3-11-25-16-9-6-10-23(13-16)19(24)20-15-8-5-7-14(12-15)18-21-17(4-2)22-26-18/h5,7-8,12,16H,3-4,6,9-11,13H2,1-2H3,(H,20,24)/t16-/m0/s1. The monoisotopic (exact) mass is 358 g/mol. The lowest BCUT2D eigenvalue weighted by Crippen LogP contribution is -2.45. The summed E-state index contributed by atoms with van der Waals surface area (Å²) in [5.41, 5.74) is 1.50. The third-order valence-electron chi connectivity index (χ3n) is 4.37. The molecule has 0 radical (unpaired) electrons. The normalized spacial score (nSPS) is 17.3. The molecule has 0 saturated carbocycles. The molecule has 3 rings (SSSR count). The lowest BCUT2D eigenvalue weighted by molar-refractivity contribution is 0.0115. The number of benzene rings is 1. The Hall–Kier alpha value is -2.41. The maximum Gasteiger partial charge on any atom is 0.321 e. The molecule has 26 heavy (non-hydrogen) atoms. The molecule has 0 bridgehead atoms. The second kappa shape index (κ2) is 8.80. The lowest BCUT2D eigenvalue weighted by atomic mass is 10.1. The summed E-state index contributed by atoms with van der Waals surface area (Å²) < 4.78 is 11.1. The molecule has 2 heterocycles. The summed E-state index contributed by atoms with van der Waals surface area (Å²) >= 11 is 0. The van der Waals surface area contributed by atoms with Crippen molar-refractivity contribution >= 4 is 11.7 Å². The number of piperidine rings is 1. The molecule has 1 N–H and O–H groups in total. The van der Waals surface area contributed by atoms with Gasteiger partial charge < -0.3 is 19.5 Å². The van der Waals surface area contributed by atoms with E-state index in [2.05, 4.69) is 22.4 Å². The molecule has 2 aromatic rings. The fourth-order valence-electron chi connectivity index (χ4n) is 2.99. The van der Waals surface area contributed by atoms with Crippen molar-refractivity contribution in [3.8, 4) is 11.5 Å². The van der Waals surface area contributed by atoms with Crippen molar-refractivity contribution < 1.29 is 14.1 Å². The van der Waals surface area contributed by atoms with Crippen molar-refractivity contribution in [3.05, 3.63) is 30.1 Å². The Balaban J connectivity index is 1.63. The highest BCUT2D eigenvalue weighted by molar-refractivity contribution is 5.90. The molecule has 1 aromatic carbocycles. The zero-order valence-corrected chi connectivity index (χ0v) is 15.4. The first-order valence-corrected chi connectivity index (χ1v) is 9.30. The van der Waals surface area contributed by atoms with E-state index in [1.807, 2.05) is 36.1 Å². The fourth-order valence-corrected chi connectivity index (χ4v) is 2.99. The second-order valence-corrected chi connectivity index (χ2v) is 6.46. The summed E-state index contributed by atoms with van der Waals surface area (Å²) in [7, 11) is 0. The van der Waals surface area contributed by atoms with E-state index in [9.17, 15) is 4.79 Å². The van der Waals surface area contributed by atoms with Gasteiger partial charge in [0.15, 0.2) is 5.82 Å². The molecule has 1 aliphatic heterocycles. The molecule has 0 spiro atoms. The smallest absolute Gasteiger partial charge is 0.321 e. The van der Waals surface area contributed by atoms with Crippen molar-refractivity contribution in [1.29, 1.82) is 0 Å². The van der Waals surface area contributed by atoms with Crippen LogP contribution in [0.1, 0.15) is 38.9 Å². The molecule has 1 saturated heterocycles. The van der Waals surface area contributed by atoms with E-state index >= 15 is 0 Å². The van der Waals surface area contributed by atoms with Gasteiger partial charge in [0.2, 0.25) is 0 Å². The predicted octanol–water partition coefficient (Wildman–Crippen LogP) is 3.72. The predicted molar refractivity (Wildman–Crippen MR) is 99.0 cm³/mol. The summed E-state index contributed by atoms with van der Waals surface area (Å²) in [5, 5.41) is 6.87. The third kappa shape index (κ3) is 4.60. The van der Waals surface area contributed by atoms with Crippen LogP contribution >= 0.6 is 0 Å². The minimum atomic E-state index is -0.105. The number of ether oxygens (including phenoxy) is 1. The minimum absolute atomic E-state index is 0.105. The second-order valence-electron chi connectivity index (χ2n) is 6.46. The van der Waals surface area contributed by atoms with Gasteiger partial charge in [0, 0.05) is 37.4 Å². The first-order valence-electron chi connectivity index (χ1n) is 9.30. The van der Waals surface area contributed by atoms with E-state index in [4.69, 9.17) is 9.26 Å². The van der Waals surface area contributed by atoms with Crippen LogP contribution in [0.25, 0.3) is 11.5 Å². The zero-order chi connectivity index (χ0) is 18.4. The Morgan fingerprint density at radius 2 is 2.31 bits per heavy atom. The number of aromatic nitrogens is 2. The Labute approximate surface area is 153 Å². The van der Waals surface area contributed by atoms with E-state index < -0.39 is 0 Å². The maximum absolute atomic E-state index is 12.6. The van der Waals surface area contributed by atoms with Crippen molar-refractivity contribution in [3.63, 3.8) is 0 Å². The van der Waals surface area contributed by atoms with Crippen molar-refractivity contribution in [2.24, 2.45) is 0 Å². The van der Waals surface area contributed by atoms with Crippen LogP contribution in [0, 0.1) is 0 Å². The number of anilines is 1. The van der Waals surface area contributed by atoms with Crippen molar-refractivity contribution in [2.75, 3.05) is 25.0 Å². The molecule has 7 heteroatoms. The van der Waals surface area contributed by atoms with Gasteiger partial charge in [-0.3, -0.25) is 0 Å². The number of urea groups is 1. The van der Waals surface area contributed by atoms with Crippen molar-refractivity contribution in [2.45, 2.75) is 45.6 Å². The van der Waals surface area contributed by atoms with Gasteiger partial charge in [0.05, 0.1) is 6.10 Å². The molecule has 2 amide bonds. The summed E-state index contributed by atoms with van der Waals surface area (Å²) in [5.74, 6) is 1.13. The number of amides is 2. The fraction of sp³-hybridized carbons (Fsp3) is 0.526. The van der Waals surface area contributed by atoms with Gasteiger partial charge in [0.25, 0.3) is 5.89 Å². The molecule has 1 atom stereocenters. The molecule has 0 aliphatic carbocycles. The van der Waals surface area contributed by atoms with Crippen LogP contribution in [-0.4, -0.2) is 46.9 Å². The van der Waals surface area contributed by atoms with Crippen LogP contribution in [0.15, 0.2) is 28.8 Å². The van der Waals surface area contributed by atoms with Crippen LogP contribution in [0.4, 0.5) is 10.5 Å². The summed E-state index contributed by atoms with van der Waals surface area (Å²) in [4.78, 5) is 18.7. The molecule has 1 fully saturated rings. The number of nitrogens with one attached hydrogen (secondary N) is 1. The lowest BCUT2D eigenvalue weighted by Gasteiger charge is -2.32. The highest BCUT2D eigenvalue weighted by Crippen LogP contribution is 2.22. The Morgan fingerprint density at radius 1 is 1.42 bits per heavy atom. The number of carbonyl (C=O) groups is 1. The number of carbonyl (C=O) groups excluding carboxylic acids is 1. The van der Waals surface area contributed by atoms with Gasteiger partial charge in [-0.25, -0.2) is 4.79 Å². The molecule has 1 aromatic heterocycles. The first kappa shape index (κ1) is 18.4. The zero-order valence-electron chi connectivity index (χ0n) is 15.4. The van der Waals surface area contributed by atoms with Gasteiger partial charge >= 0.3 is 6.03 Å². The molecule has 1 aliphatic rings. The third-order valence-corrected chi connectivity index (χ3v) is 4.37. The minimum Gasteiger partial charge on any atom is -0.376 e. The van der Waals surface area contributed by atoms with E-state index in [0.29, 0.717) is 23.9 Å². The summed E-state index contributed by atoms with van der Waals surface area (Å²) in [6.07, 6.45) is 3.81.